The van der Waals surface area contributed by atoms with Crippen LogP contribution in [0, 0.1) is 11.7 Å². The number of carbonyl (C=O) groups is 2. The molecule has 37 heavy (non-hydrogen) atoms. The molecule has 0 bridgehead atoms. The number of hydrogen-bond acceptors (Lipinski definition) is 6. The van der Waals surface area contributed by atoms with Crippen molar-refractivity contribution in [2.45, 2.75) is 69.9 Å². The molecule has 3 amide bonds. The Balaban J connectivity index is 1.29. The molecule has 2 heterocycles. The van der Waals surface area contributed by atoms with E-state index in [-0.39, 0.29) is 29.1 Å². The summed E-state index contributed by atoms with van der Waals surface area (Å²) in [5, 5.41) is 15.6. The van der Waals surface area contributed by atoms with Gasteiger partial charge in [0.25, 0.3) is 0 Å². The molecule has 2 aliphatic carbocycles. The van der Waals surface area contributed by atoms with Crippen molar-refractivity contribution in [1.82, 2.24) is 15.1 Å². The summed E-state index contributed by atoms with van der Waals surface area (Å²) in [7, 11) is -3.68. The third kappa shape index (κ3) is 5.01. The molecule has 200 valence electrons. The van der Waals surface area contributed by atoms with Gasteiger partial charge in [-0.3, -0.25) is 0 Å². The summed E-state index contributed by atoms with van der Waals surface area (Å²) in [5.74, 6) is -0.0977. The molecular weight excluding hydrogens is 503 g/mol. The van der Waals surface area contributed by atoms with E-state index in [0.29, 0.717) is 55.6 Å². The number of fused-ring (bicyclic) bond motifs is 3. The first-order valence-corrected chi connectivity index (χ1v) is 13.9. The van der Waals surface area contributed by atoms with Crippen molar-refractivity contribution < 1.29 is 27.7 Å². The molecule has 0 fully saturated rings. The molecule has 0 spiro atoms. The van der Waals surface area contributed by atoms with Crippen LogP contribution in [0.5, 0.6) is 5.88 Å². The predicted molar refractivity (Wildman–Crippen MR) is 133 cm³/mol. The molecule has 5 rings (SSSR count). The number of hydrogen-bond donors (Lipinski definition) is 3. The number of anilines is 1. The number of nitrogens with zero attached hydrogens (tertiary/aromatic N) is 3. The summed E-state index contributed by atoms with van der Waals surface area (Å²) >= 11 is 0. The SMILES string of the molecule is CC(C)(C)OC(=O)NCC1COc2c(S(N)(=O)=NC(=O)Nc3c4c(c(F)c5c3CC5)CCC4)cnn2C1. The summed E-state index contributed by atoms with van der Waals surface area (Å²) in [5.41, 5.74) is 2.83. The minimum absolute atomic E-state index is 0.0125. The Bertz CT molecular complexity index is 1410. The lowest BCUT2D eigenvalue weighted by molar-refractivity contribution is 0.0502. The van der Waals surface area contributed by atoms with E-state index in [0.717, 1.165) is 17.5 Å². The van der Waals surface area contributed by atoms with Crippen molar-refractivity contribution >= 4 is 27.7 Å². The lowest BCUT2D eigenvalue weighted by Crippen LogP contribution is -2.39. The quantitative estimate of drug-likeness (QED) is 0.549. The van der Waals surface area contributed by atoms with E-state index in [1.54, 1.807) is 20.8 Å². The maximum absolute atomic E-state index is 14.7. The zero-order valence-electron chi connectivity index (χ0n) is 21.1. The standard InChI is InChI=1S/C24H31FN6O5S/c1-24(2,3)36-23(33)27-9-13-11-31-21(35-12-13)18(10-28-31)37(26,34)30-22(32)29-20-16-6-4-5-14(16)19(25)15-7-8-17(15)20/h10,13H,4-9,11-12H2,1-3H3,(H,27,33)(H3,26,29,30,32,34). The van der Waals surface area contributed by atoms with Crippen molar-refractivity contribution in [1.29, 1.82) is 0 Å². The fourth-order valence-corrected chi connectivity index (χ4v) is 5.97. The van der Waals surface area contributed by atoms with Crippen LogP contribution in [-0.2, 0) is 46.9 Å². The van der Waals surface area contributed by atoms with Gasteiger partial charge in [0, 0.05) is 18.2 Å². The number of ether oxygens (including phenoxy) is 2. The lowest BCUT2D eigenvalue weighted by atomic mass is 9.83. The number of benzene rings is 1. The van der Waals surface area contributed by atoms with E-state index < -0.39 is 27.6 Å². The third-order valence-corrected chi connectivity index (χ3v) is 8.03. The number of amides is 3. The van der Waals surface area contributed by atoms with Gasteiger partial charge in [-0.2, -0.15) is 5.10 Å². The fraction of sp³-hybridized carbons (Fsp3) is 0.542. The second kappa shape index (κ2) is 9.28. The normalized spacial score (nSPS) is 19.3. The Morgan fingerprint density at radius 2 is 1.92 bits per heavy atom. The molecule has 1 aliphatic heterocycles. The Labute approximate surface area is 214 Å². The maximum Gasteiger partial charge on any atom is 0.407 e. The summed E-state index contributed by atoms with van der Waals surface area (Å²) in [6.07, 6.45) is 4.17. The van der Waals surface area contributed by atoms with Gasteiger partial charge in [0.05, 0.1) is 19.3 Å². The van der Waals surface area contributed by atoms with Crippen LogP contribution in [0.25, 0.3) is 0 Å². The number of nitrogens with one attached hydrogen (secondary N) is 2. The van der Waals surface area contributed by atoms with Gasteiger partial charge < -0.3 is 20.1 Å². The molecule has 11 nitrogen and oxygen atoms in total. The molecule has 2 unspecified atom stereocenters. The van der Waals surface area contributed by atoms with Crippen molar-refractivity contribution in [2.75, 3.05) is 18.5 Å². The highest BCUT2D eigenvalue weighted by molar-refractivity contribution is 7.91. The molecule has 0 saturated carbocycles. The Kier molecular flexibility index (Phi) is 6.39. The Morgan fingerprint density at radius 1 is 1.24 bits per heavy atom. The molecule has 2 aromatic rings. The first kappa shape index (κ1) is 25.5. The average molecular weight is 535 g/mol. The van der Waals surface area contributed by atoms with Crippen molar-refractivity contribution in [2.24, 2.45) is 15.4 Å². The van der Waals surface area contributed by atoms with Crippen LogP contribution in [-0.4, -0.2) is 44.9 Å². The van der Waals surface area contributed by atoms with Crippen molar-refractivity contribution in [3.05, 3.63) is 34.3 Å². The van der Waals surface area contributed by atoms with Crippen LogP contribution in [0.3, 0.4) is 0 Å². The van der Waals surface area contributed by atoms with E-state index in [4.69, 9.17) is 14.6 Å². The molecule has 0 saturated heterocycles. The predicted octanol–water partition coefficient (Wildman–Crippen LogP) is 3.08. The van der Waals surface area contributed by atoms with E-state index in [1.807, 2.05) is 0 Å². The van der Waals surface area contributed by atoms with Gasteiger partial charge in [-0.15, -0.1) is 4.36 Å². The fourth-order valence-electron chi connectivity index (χ4n) is 4.96. The summed E-state index contributed by atoms with van der Waals surface area (Å²) in [6.45, 7) is 6.22. The number of rotatable bonds is 4. The van der Waals surface area contributed by atoms with Crippen LogP contribution in [0.15, 0.2) is 15.5 Å². The Morgan fingerprint density at radius 3 is 2.62 bits per heavy atom. The van der Waals surface area contributed by atoms with E-state index in [2.05, 4.69) is 20.1 Å². The minimum atomic E-state index is -3.68. The largest absolute Gasteiger partial charge is 0.476 e. The molecule has 1 aromatic heterocycles. The van der Waals surface area contributed by atoms with Gasteiger partial charge in [0.2, 0.25) is 5.88 Å². The third-order valence-electron chi connectivity index (χ3n) is 6.69. The highest BCUT2D eigenvalue weighted by Gasteiger charge is 2.32. The lowest BCUT2D eigenvalue weighted by Gasteiger charge is -2.26. The molecule has 0 radical (unpaired) electrons. The van der Waals surface area contributed by atoms with Crippen LogP contribution in [0.1, 0.15) is 49.4 Å². The van der Waals surface area contributed by atoms with Gasteiger partial charge in [-0.05, 0) is 75.1 Å². The first-order chi connectivity index (χ1) is 17.4. The van der Waals surface area contributed by atoms with Gasteiger partial charge in [0.1, 0.15) is 16.3 Å². The smallest absolute Gasteiger partial charge is 0.407 e. The van der Waals surface area contributed by atoms with Crippen molar-refractivity contribution in [3.8, 4) is 5.88 Å². The van der Waals surface area contributed by atoms with E-state index in [1.165, 1.54) is 10.9 Å². The number of nitrogens with two attached hydrogens (primary N) is 1. The number of aromatic nitrogens is 2. The first-order valence-electron chi connectivity index (χ1n) is 12.3. The second-order valence-electron chi connectivity index (χ2n) is 10.6. The molecule has 1 aromatic carbocycles. The van der Waals surface area contributed by atoms with Gasteiger partial charge >= 0.3 is 12.1 Å². The van der Waals surface area contributed by atoms with Crippen LogP contribution >= 0.6 is 0 Å². The topological polar surface area (TPSA) is 150 Å². The molecule has 13 heteroatoms. The van der Waals surface area contributed by atoms with Gasteiger partial charge in [0.15, 0.2) is 9.92 Å². The van der Waals surface area contributed by atoms with Gasteiger partial charge in [-0.25, -0.2) is 28.0 Å². The zero-order valence-corrected chi connectivity index (χ0v) is 21.9. The number of halogens is 1. The maximum atomic E-state index is 14.7. The minimum Gasteiger partial charge on any atom is -0.476 e. The summed E-state index contributed by atoms with van der Waals surface area (Å²) < 4.78 is 44.2. The van der Waals surface area contributed by atoms with Crippen LogP contribution in [0.4, 0.5) is 19.7 Å². The number of urea groups is 1. The summed E-state index contributed by atoms with van der Waals surface area (Å²) in [6, 6.07) is -0.863. The van der Waals surface area contributed by atoms with E-state index in [9.17, 15) is 18.2 Å². The second-order valence-corrected chi connectivity index (χ2v) is 12.4. The van der Waals surface area contributed by atoms with E-state index >= 15 is 0 Å². The van der Waals surface area contributed by atoms with Crippen LogP contribution in [0.2, 0.25) is 0 Å². The Hall–Kier alpha value is -3.19. The van der Waals surface area contributed by atoms with Crippen LogP contribution < -0.4 is 20.5 Å². The number of alkyl carbamates (subject to hydrolysis) is 1. The van der Waals surface area contributed by atoms with Gasteiger partial charge in [-0.1, -0.05) is 0 Å². The number of carbonyl (C=O) groups excluding carboxylic acids is 2. The zero-order chi connectivity index (χ0) is 26.5. The molecule has 2 atom stereocenters. The molecule has 3 aliphatic rings. The highest BCUT2D eigenvalue weighted by atomic mass is 32.2. The summed E-state index contributed by atoms with van der Waals surface area (Å²) in [4.78, 5) is 24.7. The molecular formula is C24H31FN6O5S. The average Bonchev–Trinajstić information content (AvgIpc) is 3.41. The monoisotopic (exact) mass is 534 g/mol. The van der Waals surface area contributed by atoms with Crippen molar-refractivity contribution in [3.63, 3.8) is 0 Å². The highest BCUT2D eigenvalue weighted by Crippen LogP contribution is 2.42. The molecule has 4 N–H and O–H groups in total.